The molecule has 0 radical (unpaired) electrons. The zero-order valence-electron chi connectivity index (χ0n) is 19.4. The number of amides is 3. The number of likely N-dealkylation sites (tertiary alicyclic amines) is 1. The maximum atomic E-state index is 12.7. The molecule has 2 heterocycles. The van der Waals surface area contributed by atoms with Crippen molar-refractivity contribution in [3.8, 4) is 0 Å². The number of halogens is 2. The molecule has 4 rings (SSSR count). The second-order valence-electron chi connectivity index (χ2n) is 9.00. The molecular formula is C25H30Cl2N4O2S. The van der Waals surface area contributed by atoms with Crippen molar-refractivity contribution in [2.75, 3.05) is 30.7 Å². The van der Waals surface area contributed by atoms with Crippen LogP contribution < -0.4 is 16.0 Å². The predicted molar refractivity (Wildman–Crippen MR) is 141 cm³/mol. The fourth-order valence-electron chi connectivity index (χ4n) is 4.33. The number of carbonyl (C=O) groups is 2. The molecule has 2 aliphatic heterocycles. The molecule has 3 amide bonds. The quantitative estimate of drug-likeness (QED) is 0.518. The number of nitrogens with zero attached hydrogens (tertiary/aromatic N) is 1. The van der Waals surface area contributed by atoms with Crippen LogP contribution in [0.3, 0.4) is 0 Å². The number of carbonyl (C=O) groups excluding carboxylic acids is 2. The zero-order chi connectivity index (χ0) is 24.3. The maximum absolute atomic E-state index is 12.7. The number of anilines is 1. The lowest BCUT2D eigenvalue weighted by Gasteiger charge is -2.39. The van der Waals surface area contributed by atoms with Crippen LogP contribution in [0.15, 0.2) is 36.4 Å². The molecular weight excluding hydrogens is 491 g/mol. The third-order valence-corrected chi connectivity index (χ3v) is 8.77. The van der Waals surface area contributed by atoms with Crippen LogP contribution in [-0.4, -0.2) is 53.1 Å². The van der Waals surface area contributed by atoms with Gasteiger partial charge in [0.15, 0.2) is 0 Å². The van der Waals surface area contributed by atoms with Gasteiger partial charge in [-0.25, -0.2) is 4.79 Å². The van der Waals surface area contributed by atoms with Crippen LogP contribution in [0, 0.1) is 13.8 Å². The molecule has 34 heavy (non-hydrogen) atoms. The highest BCUT2D eigenvalue weighted by Crippen LogP contribution is 2.39. The number of benzene rings is 2. The predicted octanol–water partition coefficient (Wildman–Crippen LogP) is 5.00. The lowest BCUT2D eigenvalue weighted by Crippen LogP contribution is -2.55. The van der Waals surface area contributed by atoms with Gasteiger partial charge in [0.2, 0.25) is 5.91 Å². The summed E-state index contributed by atoms with van der Waals surface area (Å²) in [6.45, 7) is 5.92. The van der Waals surface area contributed by atoms with Gasteiger partial charge in [-0.05, 0) is 74.1 Å². The highest BCUT2D eigenvalue weighted by atomic mass is 35.5. The smallest absolute Gasteiger partial charge is 0.321 e. The molecule has 0 aliphatic carbocycles. The minimum absolute atomic E-state index is 0.00405. The lowest BCUT2D eigenvalue weighted by molar-refractivity contribution is -0.122. The number of hydrogen-bond donors (Lipinski definition) is 3. The van der Waals surface area contributed by atoms with Gasteiger partial charge >= 0.3 is 6.03 Å². The molecule has 2 aromatic carbocycles. The van der Waals surface area contributed by atoms with Gasteiger partial charge in [-0.3, -0.25) is 10.1 Å². The van der Waals surface area contributed by atoms with E-state index in [1.807, 2.05) is 36.1 Å². The minimum Gasteiger partial charge on any atom is -0.354 e. The van der Waals surface area contributed by atoms with Crippen LogP contribution in [0.1, 0.15) is 29.5 Å². The summed E-state index contributed by atoms with van der Waals surface area (Å²) in [7, 11) is 0. The monoisotopic (exact) mass is 520 g/mol. The first-order chi connectivity index (χ1) is 16.2. The second-order valence-corrected chi connectivity index (χ2v) is 11.2. The van der Waals surface area contributed by atoms with Crippen molar-refractivity contribution >= 4 is 52.6 Å². The fraction of sp³-hybridized carbons (Fsp3) is 0.440. The van der Waals surface area contributed by atoms with E-state index in [0.717, 1.165) is 35.4 Å². The fourth-order valence-corrected chi connectivity index (χ4v) is 6.25. The first-order valence-electron chi connectivity index (χ1n) is 11.5. The van der Waals surface area contributed by atoms with Crippen LogP contribution in [0.2, 0.25) is 10.0 Å². The first-order valence-corrected chi connectivity index (χ1v) is 13.3. The lowest BCUT2D eigenvalue weighted by atomic mass is 10.0. The number of nitrogens with one attached hydrogen (secondary N) is 3. The summed E-state index contributed by atoms with van der Waals surface area (Å²) in [6.07, 6.45) is 2.27. The first kappa shape index (κ1) is 25.2. The summed E-state index contributed by atoms with van der Waals surface area (Å²) < 4.78 is 0. The largest absolute Gasteiger partial charge is 0.354 e. The van der Waals surface area contributed by atoms with E-state index in [4.69, 9.17) is 23.2 Å². The van der Waals surface area contributed by atoms with E-state index in [1.165, 1.54) is 5.56 Å². The third-order valence-electron chi connectivity index (χ3n) is 6.61. The third kappa shape index (κ3) is 6.00. The maximum Gasteiger partial charge on any atom is 0.321 e. The minimum atomic E-state index is -0.235. The Morgan fingerprint density at radius 3 is 2.59 bits per heavy atom. The van der Waals surface area contributed by atoms with E-state index >= 15 is 0 Å². The Morgan fingerprint density at radius 2 is 1.88 bits per heavy atom. The molecule has 182 valence electrons. The van der Waals surface area contributed by atoms with Gasteiger partial charge in [0, 0.05) is 41.1 Å². The van der Waals surface area contributed by atoms with E-state index in [9.17, 15) is 9.59 Å². The molecule has 2 fully saturated rings. The van der Waals surface area contributed by atoms with Gasteiger partial charge in [0.25, 0.3) is 0 Å². The Bertz CT molecular complexity index is 1070. The van der Waals surface area contributed by atoms with Crippen molar-refractivity contribution in [2.24, 2.45) is 0 Å². The van der Waals surface area contributed by atoms with E-state index in [0.29, 0.717) is 36.1 Å². The second kappa shape index (κ2) is 10.8. The van der Waals surface area contributed by atoms with E-state index in [-0.39, 0.29) is 22.9 Å². The number of piperidine rings is 1. The van der Waals surface area contributed by atoms with Crippen LogP contribution in [0.25, 0.3) is 0 Å². The molecule has 1 spiro atoms. The molecule has 2 aliphatic rings. The van der Waals surface area contributed by atoms with Crippen LogP contribution in [0.5, 0.6) is 0 Å². The molecule has 0 aromatic heterocycles. The van der Waals surface area contributed by atoms with E-state index < -0.39 is 0 Å². The SMILES string of the molecule is Cc1ccc(NC(=O)N2CCC3(CC2)NC(C(=O)NCCc2ccc(Cl)cc2Cl)CS3)cc1C. The number of aryl methyl sites for hydroxylation is 2. The number of hydrogen-bond acceptors (Lipinski definition) is 4. The van der Waals surface area contributed by atoms with Crippen molar-refractivity contribution < 1.29 is 9.59 Å². The van der Waals surface area contributed by atoms with Crippen molar-refractivity contribution in [1.29, 1.82) is 0 Å². The van der Waals surface area contributed by atoms with Gasteiger partial charge in [0.05, 0.1) is 10.9 Å². The highest BCUT2D eigenvalue weighted by molar-refractivity contribution is 8.01. The van der Waals surface area contributed by atoms with Crippen LogP contribution >= 0.6 is 35.0 Å². The van der Waals surface area contributed by atoms with Gasteiger partial charge in [-0.15, -0.1) is 11.8 Å². The van der Waals surface area contributed by atoms with Gasteiger partial charge in [-0.1, -0.05) is 35.3 Å². The molecule has 6 nitrogen and oxygen atoms in total. The molecule has 0 saturated carbocycles. The van der Waals surface area contributed by atoms with Gasteiger partial charge in [-0.2, -0.15) is 0 Å². The summed E-state index contributed by atoms with van der Waals surface area (Å²) in [5.74, 6) is 0.729. The Hall–Kier alpha value is -1.93. The average Bonchev–Trinajstić information content (AvgIpc) is 3.21. The standard InChI is InChI=1S/C25H30Cl2N4O2S/c1-16-3-6-20(13-17(16)2)29-24(33)31-11-8-25(9-12-31)30-22(15-34-25)23(32)28-10-7-18-4-5-19(26)14-21(18)27/h3-6,13-14,22,30H,7-12,15H2,1-2H3,(H,28,32)(H,29,33). The summed E-state index contributed by atoms with van der Waals surface area (Å²) in [6, 6.07) is 11.1. The topological polar surface area (TPSA) is 73.5 Å². The van der Waals surface area contributed by atoms with Crippen molar-refractivity contribution in [3.63, 3.8) is 0 Å². The molecule has 1 atom stereocenters. The van der Waals surface area contributed by atoms with Crippen LogP contribution in [-0.2, 0) is 11.2 Å². The molecule has 2 saturated heterocycles. The normalized spacial score (nSPS) is 19.3. The van der Waals surface area contributed by atoms with E-state index in [2.05, 4.69) is 22.9 Å². The zero-order valence-corrected chi connectivity index (χ0v) is 21.7. The summed E-state index contributed by atoms with van der Waals surface area (Å²) in [5, 5.41) is 10.8. The Balaban J connectivity index is 1.22. The van der Waals surface area contributed by atoms with Crippen molar-refractivity contribution in [2.45, 2.75) is 44.0 Å². The van der Waals surface area contributed by atoms with Gasteiger partial charge in [0.1, 0.15) is 0 Å². The van der Waals surface area contributed by atoms with Crippen molar-refractivity contribution in [1.82, 2.24) is 15.5 Å². The number of urea groups is 1. The Morgan fingerprint density at radius 1 is 1.12 bits per heavy atom. The summed E-state index contributed by atoms with van der Waals surface area (Å²) in [4.78, 5) is 27.1. The van der Waals surface area contributed by atoms with Crippen LogP contribution in [0.4, 0.5) is 10.5 Å². The molecule has 2 aromatic rings. The van der Waals surface area contributed by atoms with Crippen molar-refractivity contribution in [3.05, 3.63) is 63.1 Å². The number of thioether (sulfide) groups is 1. The molecule has 9 heteroatoms. The Kier molecular flexibility index (Phi) is 7.97. The average molecular weight is 522 g/mol. The number of rotatable bonds is 5. The Labute approximate surface area is 215 Å². The molecule has 3 N–H and O–H groups in total. The summed E-state index contributed by atoms with van der Waals surface area (Å²) in [5.41, 5.74) is 4.14. The summed E-state index contributed by atoms with van der Waals surface area (Å²) >= 11 is 13.9. The molecule has 0 bridgehead atoms. The highest BCUT2D eigenvalue weighted by Gasteiger charge is 2.44. The van der Waals surface area contributed by atoms with E-state index in [1.54, 1.807) is 23.9 Å². The van der Waals surface area contributed by atoms with Gasteiger partial charge < -0.3 is 15.5 Å². The molecule has 1 unspecified atom stereocenters.